The molecule has 0 aromatic carbocycles. The summed E-state index contributed by atoms with van der Waals surface area (Å²) in [6.07, 6.45) is 8.46. The first-order valence-electron chi connectivity index (χ1n) is 15.9. The van der Waals surface area contributed by atoms with Crippen LogP contribution in [0.2, 0.25) is 101 Å². The number of unbranched alkanes of at least 4 members (excludes halogenated alkanes) is 2. The van der Waals surface area contributed by atoms with E-state index in [9.17, 15) is 4.79 Å². The van der Waals surface area contributed by atoms with Gasteiger partial charge in [0.15, 0.2) is 33.3 Å². The van der Waals surface area contributed by atoms with Gasteiger partial charge in [0.2, 0.25) is 0 Å². The summed E-state index contributed by atoms with van der Waals surface area (Å²) < 4.78 is 30.6. The molecule has 0 spiro atoms. The average Bonchev–Trinajstić information content (AvgIpc) is 2.84. The molecule has 0 aliphatic rings. The molecule has 0 aromatic rings. The van der Waals surface area contributed by atoms with Gasteiger partial charge in [0.25, 0.3) is 0 Å². The van der Waals surface area contributed by atoms with Crippen molar-refractivity contribution in [1.29, 1.82) is 0 Å². The Balaban J connectivity index is 3.78. The van der Waals surface area contributed by atoms with Gasteiger partial charge in [0.05, 0.1) is 6.61 Å². The minimum absolute atomic E-state index is 0.314. The van der Waals surface area contributed by atoms with Gasteiger partial charge in [-0.05, 0) is 108 Å². The molecule has 0 saturated carbocycles. The lowest BCUT2D eigenvalue weighted by molar-refractivity contribution is -0.137. The van der Waals surface area contributed by atoms with Gasteiger partial charge in [0, 0.05) is 6.08 Å². The monoisotopic (exact) mass is 698 g/mol. The lowest BCUT2D eigenvalue weighted by atomic mass is 10.4. The van der Waals surface area contributed by atoms with Crippen molar-refractivity contribution in [2.45, 2.75) is 140 Å². The Morgan fingerprint density at radius 2 is 0.950 bits per heavy atom. The first-order chi connectivity index (χ1) is 18.6. The molecule has 0 fully saturated rings. The van der Waals surface area contributed by atoms with E-state index in [1.165, 1.54) is 74.1 Å². The normalized spacial score (nSPS) is 14.2. The van der Waals surface area contributed by atoms with Crippen LogP contribution in [0.25, 0.3) is 0 Å². The number of esters is 1. The molecular formula is C26H66O6Si8. The van der Waals surface area contributed by atoms with Gasteiger partial charge in [-0.1, -0.05) is 38.7 Å². The molecule has 0 aliphatic heterocycles. The minimum atomic E-state index is -1.51. The fraction of sp³-hybridized carbons (Fsp3) is 0.885. The highest BCUT2D eigenvalue weighted by molar-refractivity contribution is 6.76. The summed E-state index contributed by atoms with van der Waals surface area (Å²) in [7, 11) is -7.31. The highest BCUT2D eigenvalue weighted by atomic mass is 28.4. The molecule has 238 valence electrons. The smallest absolute Gasteiger partial charge is 0.330 e. The average molecular weight is 699 g/mol. The second kappa shape index (κ2) is 22.3. The molecule has 14 heteroatoms. The largest absolute Gasteiger partial charge is 0.463 e. The van der Waals surface area contributed by atoms with Crippen molar-refractivity contribution in [3.05, 3.63) is 12.7 Å². The summed E-state index contributed by atoms with van der Waals surface area (Å²) in [5.74, 6) is -0.323. The Morgan fingerprint density at radius 1 is 0.575 bits per heavy atom. The van der Waals surface area contributed by atoms with E-state index in [4.69, 9.17) is 21.2 Å². The highest BCUT2D eigenvalue weighted by Crippen LogP contribution is 2.20. The van der Waals surface area contributed by atoms with E-state index in [0.717, 1.165) is 12.8 Å². The van der Waals surface area contributed by atoms with Crippen LogP contribution in [0.15, 0.2) is 12.7 Å². The molecule has 0 aliphatic carbocycles. The number of hydrogen-bond acceptors (Lipinski definition) is 6. The topological polar surface area (TPSA) is 63.2 Å². The van der Waals surface area contributed by atoms with Crippen LogP contribution in [0.4, 0.5) is 0 Å². The lowest BCUT2D eigenvalue weighted by Crippen LogP contribution is -2.33. The molecule has 40 heavy (non-hydrogen) atoms. The molecule has 0 bridgehead atoms. The Labute approximate surface area is 262 Å². The zero-order chi connectivity index (χ0) is 30.5. The molecule has 0 radical (unpaired) electrons. The van der Waals surface area contributed by atoms with E-state index in [1.807, 2.05) is 0 Å². The minimum Gasteiger partial charge on any atom is -0.463 e. The molecule has 0 aromatic heterocycles. The standard InChI is InChI=1S/C26H66O6Si8/c1-11-26(27)28-18-12-13-19-34-30-38(5,6)23-15-14-20-35-31-39(7,8)25-17-22-36-32-40(9,10)24-16-21-33-29-37(2,3)4/h11H,1,12-25,33-36H2,2-10H3. The van der Waals surface area contributed by atoms with Crippen molar-refractivity contribution in [2.75, 3.05) is 6.61 Å². The molecule has 0 amide bonds. The molecule has 0 saturated heterocycles. The van der Waals surface area contributed by atoms with Gasteiger partial charge in [-0.15, -0.1) is 0 Å². The third-order valence-electron chi connectivity index (χ3n) is 6.98. The van der Waals surface area contributed by atoms with Gasteiger partial charge >= 0.3 is 5.97 Å². The maximum atomic E-state index is 11.0. The maximum absolute atomic E-state index is 11.0. The Bertz CT molecular complexity index is 674. The molecule has 0 unspecified atom stereocenters. The number of ether oxygens (including phenoxy) is 1. The summed E-state index contributed by atoms with van der Waals surface area (Å²) >= 11 is 0. The second-order valence-corrected chi connectivity index (χ2v) is 39.3. The quantitative estimate of drug-likeness (QED) is 0.0483. The third-order valence-corrected chi connectivity index (χ3v) is 30.9. The molecule has 6 nitrogen and oxygen atoms in total. The SMILES string of the molecule is C=CC(=O)OCCCC[SiH2]O[Si](C)(C)CCCC[SiH2]O[Si](C)(C)CCC[SiH2]O[Si](C)(C)CCC[SiH2]O[Si](C)(C)C. The summed E-state index contributed by atoms with van der Waals surface area (Å²) in [4.78, 5) is 11.0. The van der Waals surface area contributed by atoms with Gasteiger partial charge in [0.1, 0.15) is 39.1 Å². The van der Waals surface area contributed by atoms with Crippen LogP contribution in [0.3, 0.4) is 0 Å². The molecule has 0 N–H and O–H groups in total. The van der Waals surface area contributed by atoms with Crippen LogP contribution >= 0.6 is 0 Å². The van der Waals surface area contributed by atoms with Gasteiger partial charge in [-0.2, -0.15) is 0 Å². The summed E-state index contributed by atoms with van der Waals surface area (Å²) in [5.41, 5.74) is 0. The lowest BCUT2D eigenvalue weighted by Gasteiger charge is -2.26. The van der Waals surface area contributed by atoms with E-state index in [2.05, 4.69) is 65.5 Å². The Kier molecular flexibility index (Phi) is 22.8. The van der Waals surface area contributed by atoms with Crippen molar-refractivity contribution in [3.63, 3.8) is 0 Å². The Morgan fingerprint density at radius 3 is 1.38 bits per heavy atom. The Hall–Kier alpha value is 0.785. The van der Waals surface area contributed by atoms with E-state index in [1.54, 1.807) is 0 Å². The molecule has 0 atom stereocenters. The number of rotatable bonds is 27. The van der Waals surface area contributed by atoms with Gasteiger partial charge in [-0.3, -0.25) is 0 Å². The van der Waals surface area contributed by atoms with Crippen LogP contribution in [-0.4, -0.2) is 84.9 Å². The van der Waals surface area contributed by atoms with E-state index < -0.39 is 52.8 Å². The van der Waals surface area contributed by atoms with Crippen molar-refractivity contribution in [1.82, 2.24) is 0 Å². The number of hydrogen-bond donors (Lipinski definition) is 0. The van der Waals surface area contributed by atoms with Crippen molar-refractivity contribution in [3.8, 4) is 0 Å². The predicted molar refractivity (Wildman–Crippen MR) is 197 cm³/mol. The predicted octanol–water partition coefficient (Wildman–Crippen LogP) is 5.58. The van der Waals surface area contributed by atoms with Gasteiger partial charge in [-0.25, -0.2) is 4.79 Å². The van der Waals surface area contributed by atoms with Crippen LogP contribution in [0.1, 0.15) is 38.5 Å². The van der Waals surface area contributed by atoms with Crippen LogP contribution in [0, 0.1) is 0 Å². The van der Waals surface area contributed by atoms with E-state index >= 15 is 0 Å². The first kappa shape index (κ1) is 40.8. The second-order valence-electron chi connectivity index (χ2n) is 13.9. The molecular weight excluding hydrogens is 633 g/mol. The molecule has 0 rings (SSSR count). The number of carbonyl (C=O) groups is 1. The van der Waals surface area contributed by atoms with Gasteiger partial charge < -0.3 is 21.2 Å². The summed E-state index contributed by atoms with van der Waals surface area (Å²) in [6, 6.07) is 9.00. The van der Waals surface area contributed by atoms with E-state index in [0.29, 0.717) is 6.61 Å². The molecule has 0 heterocycles. The number of carbonyl (C=O) groups excluding carboxylic acids is 1. The fourth-order valence-corrected chi connectivity index (χ4v) is 23.8. The highest BCUT2D eigenvalue weighted by Gasteiger charge is 2.24. The maximum Gasteiger partial charge on any atom is 0.330 e. The van der Waals surface area contributed by atoms with Crippen molar-refractivity contribution < 1.29 is 26.0 Å². The first-order valence-corrected chi connectivity index (χ1v) is 35.0. The van der Waals surface area contributed by atoms with Crippen molar-refractivity contribution >= 4 is 78.3 Å². The summed E-state index contributed by atoms with van der Waals surface area (Å²) in [6.45, 7) is 25.2. The third kappa shape index (κ3) is 27.6. The van der Waals surface area contributed by atoms with Crippen LogP contribution in [0.5, 0.6) is 0 Å². The van der Waals surface area contributed by atoms with Crippen LogP contribution in [-0.2, 0) is 26.0 Å². The summed E-state index contributed by atoms with van der Waals surface area (Å²) in [5, 5.41) is 0. The zero-order valence-electron chi connectivity index (χ0n) is 28.0. The van der Waals surface area contributed by atoms with E-state index in [-0.39, 0.29) is 25.5 Å². The fourth-order valence-electron chi connectivity index (χ4n) is 4.39. The van der Waals surface area contributed by atoms with Crippen LogP contribution < -0.4 is 0 Å². The van der Waals surface area contributed by atoms with Crippen molar-refractivity contribution in [2.24, 2.45) is 0 Å². The zero-order valence-corrected chi connectivity index (χ0v) is 37.6.